The SMILES string of the molecule is O=C(c1ccccn1)N1CCc2c([nH]c3ccccc23)[C@@H]1c1cccc(C(F)(F)F)c1. The second-order valence-corrected chi connectivity index (χ2v) is 7.55. The Labute approximate surface area is 176 Å². The van der Waals surface area contributed by atoms with E-state index in [-0.39, 0.29) is 11.6 Å². The van der Waals surface area contributed by atoms with Crippen molar-refractivity contribution in [3.05, 3.63) is 101 Å². The number of fused-ring (bicyclic) bond motifs is 3. The summed E-state index contributed by atoms with van der Waals surface area (Å²) in [5.41, 5.74) is 2.61. The molecule has 1 aliphatic rings. The van der Waals surface area contributed by atoms with Crippen LogP contribution in [-0.2, 0) is 12.6 Å². The van der Waals surface area contributed by atoms with Gasteiger partial charge in [0.15, 0.2) is 0 Å². The molecule has 0 radical (unpaired) electrons. The normalized spacial score (nSPS) is 16.4. The Hall–Kier alpha value is -3.61. The lowest BCUT2D eigenvalue weighted by molar-refractivity contribution is -0.137. The molecule has 1 atom stereocenters. The van der Waals surface area contributed by atoms with Crippen molar-refractivity contribution in [1.82, 2.24) is 14.9 Å². The van der Waals surface area contributed by atoms with Crippen molar-refractivity contribution >= 4 is 16.8 Å². The molecule has 1 N–H and O–H groups in total. The first-order valence-electron chi connectivity index (χ1n) is 9.92. The van der Waals surface area contributed by atoms with Crippen molar-refractivity contribution in [2.45, 2.75) is 18.6 Å². The maximum atomic E-state index is 13.4. The van der Waals surface area contributed by atoms with Gasteiger partial charge in [-0.25, -0.2) is 0 Å². The molecule has 1 aliphatic heterocycles. The van der Waals surface area contributed by atoms with Crippen molar-refractivity contribution in [3.8, 4) is 0 Å². The zero-order valence-electron chi connectivity index (χ0n) is 16.4. The molecule has 4 nitrogen and oxygen atoms in total. The van der Waals surface area contributed by atoms with Gasteiger partial charge in [0, 0.05) is 29.3 Å². The smallest absolute Gasteiger partial charge is 0.356 e. The summed E-state index contributed by atoms with van der Waals surface area (Å²) in [6.07, 6.45) is -2.33. The van der Waals surface area contributed by atoms with Crippen molar-refractivity contribution < 1.29 is 18.0 Å². The Morgan fingerprint density at radius 2 is 1.84 bits per heavy atom. The molecule has 0 spiro atoms. The van der Waals surface area contributed by atoms with Gasteiger partial charge in [-0.15, -0.1) is 0 Å². The maximum Gasteiger partial charge on any atom is 0.416 e. The summed E-state index contributed by atoms with van der Waals surface area (Å²) in [5.74, 6) is -0.313. The molecule has 0 saturated carbocycles. The highest BCUT2D eigenvalue weighted by Gasteiger charge is 2.37. The number of halogens is 3. The molecular formula is C24H18F3N3O. The van der Waals surface area contributed by atoms with E-state index in [0.717, 1.165) is 34.3 Å². The number of nitrogens with one attached hydrogen (secondary N) is 1. The van der Waals surface area contributed by atoms with Gasteiger partial charge in [0.1, 0.15) is 5.69 Å². The minimum absolute atomic E-state index is 0.263. The minimum Gasteiger partial charge on any atom is -0.356 e. The number of hydrogen-bond acceptors (Lipinski definition) is 2. The van der Waals surface area contributed by atoms with Crippen molar-refractivity contribution in [2.24, 2.45) is 0 Å². The Morgan fingerprint density at radius 1 is 1.03 bits per heavy atom. The highest BCUT2D eigenvalue weighted by molar-refractivity contribution is 5.94. The molecule has 2 aromatic carbocycles. The monoisotopic (exact) mass is 421 g/mol. The van der Waals surface area contributed by atoms with Crippen molar-refractivity contribution in [3.63, 3.8) is 0 Å². The number of para-hydroxylation sites is 1. The van der Waals surface area contributed by atoms with E-state index in [2.05, 4.69) is 9.97 Å². The summed E-state index contributed by atoms with van der Waals surface area (Å²) in [7, 11) is 0. The Kier molecular flexibility index (Phi) is 4.54. The highest BCUT2D eigenvalue weighted by Crippen LogP contribution is 2.40. The number of pyridine rings is 1. The van der Waals surface area contributed by atoms with Crippen LogP contribution >= 0.6 is 0 Å². The number of hydrogen-bond donors (Lipinski definition) is 1. The van der Waals surface area contributed by atoms with Crippen LogP contribution in [0, 0.1) is 0 Å². The van der Waals surface area contributed by atoms with Gasteiger partial charge < -0.3 is 9.88 Å². The van der Waals surface area contributed by atoms with Gasteiger partial charge >= 0.3 is 6.18 Å². The third-order valence-electron chi connectivity index (χ3n) is 5.71. The van der Waals surface area contributed by atoms with E-state index in [9.17, 15) is 18.0 Å². The fourth-order valence-electron chi connectivity index (χ4n) is 4.33. The third-order valence-corrected chi connectivity index (χ3v) is 5.71. The lowest BCUT2D eigenvalue weighted by atomic mass is 9.91. The molecule has 0 bridgehead atoms. The molecule has 0 fully saturated rings. The van der Waals surface area contributed by atoms with Gasteiger partial charge in [-0.3, -0.25) is 9.78 Å². The zero-order chi connectivity index (χ0) is 21.6. The Balaban J connectivity index is 1.69. The fourth-order valence-corrected chi connectivity index (χ4v) is 4.33. The Bertz CT molecular complexity index is 1260. The summed E-state index contributed by atoms with van der Waals surface area (Å²) >= 11 is 0. The second-order valence-electron chi connectivity index (χ2n) is 7.55. The van der Waals surface area contributed by atoms with E-state index in [1.807, 2.05) is 24.3 Å². The molecular weight excluding hydrogens is 403 g/mol. The minimum atomic E-state index is -4.47. The quantitative estimate of drug-likeness (QED) is 0.473. The topological polar surface area (TPSA) is 49.0 Å². The predicted molar refractivity (Wildman–Crippen MR) is 111 cm³/mol. The maximum absolute atomic E-state index is 13.4. The molecule has 0 saturated heterocycles. The number of aromatic amines is 1. The van der Waals surface area contributed by atoms with E-state index in [1.54, 1.807) is 29.2 Å². The van der Waals surface area contributed by atoms with Crippen LogP contribution in [0.25, 0.3) is 10.9 Å². The molecule has 0 aliphatic carbocycles. The van der Waals surface area contributed by atoms with E-state index in [1.165, 1.54) is 12.3 Å². The van der Waals surface area contributed by atoms with Crippen LogP contribution in [0.15, 0.2) is 72.9 Å². The largest absolute Gasteiger partial charge is 0.416 e. The zero-order valence-corrected chi connectivity index (χ0v) is 16.4. The van der Waals surface area contributed by atoms with Gasteiger partial charge in [-0.05, 0) is 47.9 Å². The first-order valence-corrected chi connectivity index (χ1v) is 9.92. The molecule has 156 valence electrons. The van der Waals surface area contributed by atoms with Gasteiger partial charge in [0.2, 0.25) is 0 Å². The van der Waals surface area contributed by atoms with Crippen LogP contribution < -0.4 is 0 Å². The van der Waals surface area contributed by atoms with Crippen LogP contribution in [0.2, 0.25) is 0 Å². The van der Waals surface area contributed by atoms with Crippen LogP contribution in [-0.4, -0.2) is 27.3 Å². The van der Waals surface area contributed by atoms with E-state index in [4.69, 9.17) is 0 Å². The Morgan fingerprint density at radius 3 is 2.61 bits per heavy atom. The summed E-state index contributed by atoms with van der Waals surface area (Å²) in [6, 6.07) is 17.3. The summed E-state index contributed by atoms with van der Waals surface area (Å²) in [6.45, 7) is 0.380. The molecule has 31 heavy (non-hydrogen) atoms. The van der Waals surface area contributed by atoms with E-state index < -0.39 is 17.8 Å². The first-order chi connectivity index (χ1) is 14.9. The highest BCUT2D eigenvalue weighted by atomic mass is 19.4. The van der Waals surface area contributed by atoms with Gasteiger partial charge in [-0.1, -0.05) is 36.4 Å². The molecule has 2 aromatic heterocycles. The molecule has 3 heterocycles. The molecule has 7 heteroatoms. The standard InChI is InChI=1S/C24H18F3N3O/c25-24(26,27)16-7-5-6-15(14-16)22-21-18(17-8-1-2-9-19(17)29-21)11-13-30(22)23(31)20-10-3-4-12-28-20/h1-10,12,14,22,29H,11,13H2/t22-/m0/s1. The van der Waals surface area contributed by atoms with Crippen molar-refractivity contribution in [1.29, 1.82) is 0 Å². The first kappa shape index (κ1) is 19.4. The van der Waals surface area contributed by atoms with Crippen molar-refractivity contribution in [2.75, 3.05) is 6.54 Å². The second kappa shape index (κ2) is 7.27. The summed E-state index contributed by atoms with van der Waals surface area (Å²) in [5, 5.41) is 1.03. The van der Waals surface area contributed by atoms with Crippen LogP contribution in [0.5, 0.6) is 0 Å². The fraction of sp³-hybridized carbons (Fsp3) is 0.167. The number of amides is 1. The average molecular weight is 421 g/mol. The number of H-pyrrole nitrogens is 1. The number of alkyl halides is 3. The number of benzene rings is 2. The van der Waals surface area contributed by atoms with Crippen LogP contribution in [0.3, 0.4) is 0 Å². The van der Waals surface area contributed by atoms with Gasteiger partial charge in [-0.2, -0.15) is 13.2 Å². The van der Waals surface area contributed by atoms with Gasteiger partial charge in [0.05, 0.1) is 11.6 Å². The number of nitrogens with zero attached hydrogens (tertiary/aromatic N) is 2. The summed E-state index contributed by atoms with van der Waals surface area (Å²) < 4.78 is 40.3. The van der Waals surface area contributed by atoms with Crippen LogP contribution in [0.1, 0.15) is 38.9 Å². The molecule has 5 rings (SSSR count). The number of carbonyl (C=O) groups excluding carboxylic acids is 1. The van der Waals surface area contributed by atoms with Crippen LogP contribution in [0.4, 0.5) is 13.2 Å². The molecule has 1 amide bonds. The van der Waals surface area contributed by atoms with E-state index in [0.29, 0.717) is 18.5 Å². The lowest BCUT2D eigenvalue weighted by Gasteiger charge is -2.36. The predicted octanol–water partition coefficient (Wildman–Crippen LogP) is 5.37. The number of aromatic nitrogens is 2. The lowest BCUT2D eigenvalue weighted by Crippen LogP contribution is -2.41. The molecule has 4 aromatic rings. The summed E-state index contributed by atoms with van der Waals surface area (Å²) in [4.78, 5) is 22.4. The van der Waals surface area contributed by atoms with Gasteiger partial charge in [0.25, 0.3) is 5.91 Å². The number of carbonyl (C=O) groups is 1. The molecule has 0 unspecified atom stereocenters. The average Bonchev–Trinajstić information content (AvgIpc) is 3.17. The van der Waals surface area contributed by atoms with E-state index >= 15 is 0 Å². The number of rotatable bonds is 2. The third kappa shape index (κ3) is 3.36.